The monoisotopic (exact) mass is 280 g/mol. The molecule has 0 bridgehead atoms. The van der Waals surface area contributed by atoms with Crippen molar-refractivity contribution in [2.45, 2.75) is 39.7 Å². The maximum atomic E-state index is 11.5. The van der Waals surface area contributed by atoms with Crippen molar-refractivity contribution < 1.29 is 14.6 Å². The molecule has 0 fully saturated rings. The summed E-state index contributed by atoms with van der Waals surface area (Å²) in [6.45, 7) is 8.11. The average molecular weight is 280 g/mol. The van der Waals surface area contributed by atoms with Crippen LogP contribution in [0.15, 0.2) is 12.1 Å². The van der Waals surface area contributed by atoms with Gasteiger partial charge in [0.05, 0.1) is 24.0 Å². The number of aromatic nitrogens is 1. The van der Waals surface area contributed by atoms with Gasteiger partial charge in [0.25, 0.3) is 0 Å². The summed E-state index contributed by atoms with van der Waals surface area (Å²) in [5.41, 5.74) is 0.266. The number of pyridine rings is 1. The molecule has 1 heterocycles. The Balaban J connectivity index is 2.71. The van der Waals surface area contributed by atoms with Crippen molar-refractivity contribution >= 4 is 11.8 Å². The molecule has 2 N–H and O–H groups in total. The van der Waals surface area contributed by atoms with E-state index >= 15 is 0 Å². The lowest BCUT2D eigenvalue weighted by Crippen LogP contribution is -2.35. The number of aliphatic hydroxyl groups is 1. The lowest BCUT2D eigenvalue weighted by Gasteiger charge is -2.26. The molecule has 1 unspecified atom stereocenters. The molecule has 5 nitrogen and oxygen atoms in total. The van der Waals surface area contributed by atoms with E-state index in [-0.39, 0.29) is 0 Å². The fourth-order valence-corrected chi connectivity index (χ4v) is 2.22. The van der Waals surface area contributed by atoms with Gasteiger partial charge < -0.3 is 15.2 Å². The van der Waals surface area contributed by atoms with E-state index < -0.39 is 11.6 Å². The molecule has 0 spiro atoms. The lowest BCUT2D eigenvalue weighted by molar-refractivity contribution is 0.0513. The van der Waals surface area contributed by atoms with Crippen molar-refractivity contribution in [1.29, 1.82) is 0 Å². The van der Waals surface area contributed by atoms with Gasteiger partial charge in [-0.3, -0.25) is 0 Å². The molecule has 112 valence electrons. The second kappa shape index (κ2) is 6.70. The van der Waals surface area contributed by atoms with Crippen LogP contribution in [0, 0.1) is 12.8 Å². The Morgan fingerprint density at radius 2 is 2.15 bits per heavy atom. The molecule has 1 aromatic heterocycles. The summed E-state index contributed by atoms with van der Waals surface area (Å²) in [5.74, 6) is 0.663. The number of hydrogen-bond acceptors (Lipinski definition) is 5. The maximum Gasteiger partial charge on any atom is 0.339 e. The Hall–Kier alpha value is -1.62. The van der Waals surface area contributed by atoms with Gasteiger partial charge in [0.2, 0.25) is 0 Å². The van der Waals surface area contributed by atoms with Crippen molar-refractivity contribution in [2.24, 2.45) is 5.92 Å². The minimum atomic E-state index is -0.787. The number of aryl methyl sites for hydroxylation is 1. The fourth-order valence-electron chi connectivity index (χ4n) is 2.22. The maximum absolute atomic E-state index is 11.5. The van der Waals surface area contributed by atoms with Crippen molar-refractivity contribution in [2.75, 3.05) is 19.0 Å². The smallest absolute Gasteiger partial charge is 0.339 e. The molecule has 0 saturated heterocycles. The summed E-state index contributed by atoms with van der Waals surface area (Å²) in [6.07, 6.45) is 0.708. The fraction of sp³-hybridized carbons (Fsp3) is 0.600. The first-order valence-electron chi connectivity index (χ1n) is 6.77. The molecule has 0 aromatic carbocycles. The summed E-state index contributed by atoms with van der Waals surface area (Å²) in [7, 11) is 1.34. The number of carbonyl (C=O) groups excluding carboxylic acids is 1. The van der Waals surface area contributed by atoms with E-state index in [2.05, 4.69) is 28.9 Å². The van der Waals surface area contributed by atoms with Gasteiger partial charge in [-0.05, 0) is 38.3 Å². The molecule has 1 rings (SSSR count). The number of anilines is 1. The summed E-state index contributed by atoms with van der Waals surface area (Å²) in [6, 6.07) is 3.39. The molecule has 20 heavy (non-hydrogen) atoms. The van der Waals surface area contributed by atoms with Gasteiger partial charge >= 0.3 is 5.97 Å². The zero-order valence-electron chi connectivity index (χ0n) is 12.9. The number of esters is 1. The van der Waals surface area contributed by atoms with Crippen LogP contribution in [0.4, 0.5) is 5.82 Å². The second-order valence-corrected chi connectivity index (χ2v) is 5.77. The van der Waals surface area contributed by atoms with E-state index in [0.717, 1.165) is 0 Å². The highest BCUT2D eigenvalue weighted by Crippen LogP contribution is 2.18. The summed E-state index contributed by atoms with van der Waals surface area (Å²) >= 11 is 0. The topological polar surface area (TPSA) is 71.5 Å². The Labute approximate surface area is 120 Å². The number of nitrogens with one attached hydrogen (secondary N) is 1. The Morgan fingerprint density at radius 3 is 2.65 bits per heavy atom. The van der Waals surface area contributed by atoms with Gasteiger partial charge in [-0.25, -0.2) is 9.78 Å². The highest BCUT2D eigenvalue weighted by Gasteiger charge is 2.21. The standard InChI is InChI=1S/C15H24N2O3/c1-10(2)8-15(4,19)9-16-13-7-6-12(11(3)17-13)14(18)20-5/h6-7,10,19H,8-9H2,1-5H3,(H,16,17). The van der Waals surface area contributed by atoms with Crippen LogP contribution >= 0.6 is 0 Å². The number of hydrogen-bond donors (Lipinski definition) is 2. The van der Waals surface area contributed by atoms with Gasteiger partial charge in [-0.2, -0.15) is 0 Å². The van der Waals surface area contributed by atoms with E-state index in [0.29, 0.717) is 36.0 Å². The molecule has 5 heteroatoms. The van der Waals surface area contributed by atoms with Crippen molar-refractivity contribution in [3.63, 3.8) is 0 Å². The summed E-state index contributed by atoms with van der Waals surface area (Å²) < 4.78 is 4.68. The van der Waals surface area contributed by atoms with Gasteiger partial charge in [-0.1, -0.05) is 13.8 Å². The third-order valence-electron chi connectivity index (χ3n) is 2.99. The Morgan fingerprint density at radius 1 is 1.50 bits per heavy atom. The molecular weight excluding hydrogens is 256 g/mol. The van der Waals surface area contributed by atoms with Gasteiger partial charge in [0, 0.05) is 6.54 Å². The van der Waals surface area contributed by atoms with E-state index in [1.54, 1.807) is 26.0 Å². The molecule has 0 aliphatic heterocycles. The van der Waals surface area contributed by atoms with Gasteiger partial charge in [0.15, 0.2) is 0 Å². The molecule has 0 aliphatic carbocycles. The number of nitrogens with zero attached hydrogens (tertiary/aromatic N) is 1. The number of rotatable bonds is 6. The first-order chi connectivity index (χ1) is 9.25. The summed E-state index contributed by atoms with van der Waals surface area (Å²) in [5, 5.41) is 13.3. The number of ether oxygens (including phenoxy) is 1. The van der Waals surface area contributed by atoms with Crippen LogP contribution < -0.4 is 5.32 Å². The SMILES string of the molecule is COC(=O)c1ccc(NCC(C)(O)CC(C)C)nc1C. The highest BCUT2D eigenvalue weighted by atomic mass is 16.5. The van der Waals surface area contributed by atoms with Crippen LogP contribution in [0.2, 0.25) is 0 Å². The first kappa shape index (κ1) is 16.4. The van der Waals surface area contributed by atoms with Crippen molar-refractivity contribution in [3.8, 4) is 0 Å². The Bertz CT molecular complexity index is 470. The van der Waals surface area contributed by atoms with Crippen LogP contribution in [0.5, 0.6) is 0 Å². The van der Waals surface area contributed by atoms with Crippen molar-refractivity contribution in [3.05, 3.63) is 23.4 Å². The molecule has 1 atom stereocenters. The molecule has 0 amide bonds. The van der Waals surface area contributed by atoms with Gasteiger partial charge in [0.1, 0.15) is 5.82 Å². The quantitative estimate of drug-likeness (QED) is 0.783. The normalized spacial score (nSPS) is 13.9. The molecule has 1 aromatic rings. The molecule has 0 radical (unpaired) electrons. The van der Waals surface area contributed by atoms with Crippen molar-refractivity contribution in [1.82, 2.24) is 4.98 Å². The Kier molecular flexibility index (Phi) is 5.51. The van der Waals surface area contributed by atoms with Gasteiger partial charge in [-0.15, -0.1) is 0 Å². The third-order valence-corrected chi connectivity index (χ3v) is 2.99. The largest absolute Gasteiger partial charge is 0.465 e. The predicted octanol–water partition coefficient (Wildman–Crippen LogP) is 2.39. The lowest BCUT2D eigenvalue weighted by atomic mass is 9.94. The van der Waals surface area contributed by atoms with Crippen LogP contribution in [0.3, 0.4) is 0 Å². The first-order valence-corrected chi connectivity index (χ1v) is 6.77. The van der Waals surface area contributed by atoms with Crippen LogP contribution in [-0.2, 0) is 4.74 Å². The molecular formula is C15H24N2O3. The van der Waals surface area contributed by atoms with E-state index in [1.165, 1.54) is 7.11 Å². The second-order valence-electron chi connectivity index (χ2n) is 5.77. The van der Waals surface area contributed by atoms with E-state index in [1.807, 2.05) is 0 Å². The molecule has 0 saturated carbocycles. The van der Waals surface area contributed by atoms with E-state index in [4.69, 9.17) is 0 Å². The van der Waals surface area contributed by atoms with Crippen LogP contribution in [-0.4, -0.2) is 35.3 Å². The third kappa shape index (κ3) is 4.81. The van der Waals surface area contributed by atoms with Crippen LogP contribution in [0.25, 0.3) is 0 Å². The molecule has 0 aliphatic rings. The summed E-state index contributed by atoms with van der Waals surface area (Å²) in [4.78, 5) is 15.8. The minimum Gasteiger partial charge on any atom is -0.465 e. The number of methoxy groups -OCH3 is 1. The minimum absolute atomic E-state index is 0.395. The highest BCUT2D eigenvalue weighted by molar-refractivity contribution is 5.90. The predicted molar refractivity (Wildman–Crippen MR) is 78.9 cm³/mol. The number of carbonyl (C=O) groups is 1. The zero-order valence-corrected chi connectivity index (χ0v) is 12.9. The average Bonchev–Trinajstić information content (AvgIpc) is 2.34. The van der Waals surface area contributed by atoms with Crippen LogP contribution in [0.1, 0.15) is 43.2 Å². The zero-order chi connectivity index (χ0) is 15.3. The van der Waals surface area contributed by atoms with E-state index in [9.17, 15) is 9.90 Å².